The van der Waals surface area contributed by atoms with E-state index in [0.29, 0.717) is 0 Å². The minimum absolute atomic E-state index is 0.241. The van der Waals surface area contributed by atoms with E-state index in [0.717, 1.165) is 27.3 Å². The van der Waals surface area contributed by atoms with Crippen LogP contribution in [-0.4, -0.2) is 19.1 Å². The molecule has 1 aromatic carbocycles. The van der Waals surface area contributed by atoms with Gasteiger partial charge in [-0.2, -0.15) is 0 Å². The summed E-state index contributed by atoms with van der Waals surface area (Å²) in [5.41, 5.74) is 2.36. The Bertz CT molecular complexity index is 556. The van der Waals surface area contributed by atoms with Crippen LogP contribution in [-0.2, 0) is 6.42 Å². The highest BCUT2D eigenvalue weighted by atomic mass is 79.9. The lowest BCUT2D eigenvalue weighted by Gasteiger charge is -2.14. The highest BCUT2D eigenvalue weighted by Gasteiger charge is 2.14. The Morgan fingerprint density at radius 2 is 2.26 bits per heavy atom. The van der Waals surface area contributed by atoms with Crippen molar-refractivity contribution in [3.63, 3.8) is 0 Å². The third-order valence-electron chi connectivity index (χ3n) is 3.00. The Balaban J connectivity index is 2.16. The van der Waals surface area contributed by atoms with E-state index in [-0.39, 0.29) is 6.04 Å². The molecule has 102 valence electrons. The second-order valence-electron chi connectivity index (χ2n) is 4.31. The topological polar surface area (TPSA) is 34.1 Å². The standard InChI is InChI=1S/C14H17BrN2OS/c1-9-17-13(8-19-9)12(16-2)7-10-4-5-14(18-3)11(15)6-10/h4-6,8,12,16H,7H2,1-3H3. The first-order valence-corrected chi connectivity index (χ1v) is 7.73. The number of thiazole rings is 1. The molecule has 0 bridgehead atoms. The number of halogens is 1. The Morgan fingerprint density at radius 1 is 1.47 bits per heavy atom. The molecule has 5 heteroatoms. The quantitative estimate of drug-likeness (QED) is 0.900. The third kappa shape index (κ3) is 3.55. The molecule has 1 unspecified atom stereocenters. The van der Waals surface area contributed by atoms with Crippen LogP contribution < -0.4 is 10.1 Å². The Morgan fingerprint density at radius 3 is 2.79 bits per heavy atom. The molecule has 0 aliphatic rings. The Hall–Kier alpha value is -0.910. The van der Waals surface area contributed by atoms with E-state index in [1.165, 1.54) is 5.56 Å². The molecule has 3 nitrogen and oxygen atoms in total. The molecule has 1 atom stereocenters. The molecule has 0 aliphatic carbocycles. The van der Waals surface area contributed by atoms with Crippen LogP contribution in [0, 0.1) is 6.92 Å². The molecule has 1 aromatic heterocycles. The smallest absolute Gasteiger partial charge is 0.133 e. The summed E-state index contributed by atoms with van der Waals surface area (Å²) < 4.78 is 6.23. The molecular formula is C14H17BrN2OS. The number of nitrogens with zero attached hydrogens (tertiary/aromatic N) is 1. The molecule has 0 fully saturated rings. The highest BCUT2D eigenvalue weighted by Crippen LogP contribution is 2.28. The summed E-state index contributed by atoms with van der Waals surface area (Å²) in [5, 5.41) is 6.55. The molecule has 2 rings (SSSR count). The summed E-state index contributed by atoms with van der Waals surface area (Å²) >= 11 is 5.21. The van der Waals surface area contributed by atoms with E-state index >= 15 is 0 Å². The van der Waals surface area contributed by atoms with Gasteiger partial charge in [-0.15, -0.1) is 11.3 Å². The van der Waals surface area contributed by atoms with Gasteiger partial charge in [-0.05, 0) is 54.0 Å². The van der Waals surface area contributed by atoms with Crippen molar-refractivity contribution in [2.75, 3.05) is 14.2 Å². The van der Waals surface area contributed by atoms with Crippen molar-refractivity contribution in [3.05, 3.63) is 44.3 Å². The van der Waals surface area contributed by atoms with Gasteiger partial charge in [-0.25, -0.2) is 4.98 Å². The van der Waals surface area contributed by atoms with Gasteiger partial charge in [0.1, 0.15) is 5.75 Å². The second kappa shape index (κ2) is 6.50. The van der Waals surface area contributed by atoms with Gasteiger partial charge in [0.15, 0.2) is 0 Å². The largest absolute Gasteiger partial charge is 0.496 e. The fourth-order valence-electron chi connectivity index (χ4n) is 1.97. The fourth-order valence-corrected chi connectivity index (χ4v) is 3.22. The van der Waals surface area contributed by atoms with Crippen molar-refractivity contribution >= 4 is 27.3 Å². The Labute approximate surface area is 126 Å². The van der Waals surface area contributed by atoms with Gasteiger partial charge in [0, 0.05) is 5.38 Å². The minimum atomic E-state index is 0.241. The SMILES string of the molecule is CNC(Cc1ccc(OC)c(Br)c1)c1csc(C)n1. The van der Waals surface area contributed by atoms with E-state index in [9.17, 15) is 0 Å². The van der Waals surface area contributed by atoms with Gasteiger partial charge < -0.3 is 10.1 Å². The van der Waals surface area contributed by atoms with Crippen LogP contribution in [0.25, 0.3) is 0 Å². The minimum Gasteiger partial charge on any atom is -0.496 e. The van der Waals surface area contributed by atoms with E-state index in [1.807, 2.05) is 20.0 Å². The van der Waals surface area contributed by atoms with Crippen molar-refractivity contribution < 1.29 is 4.74 Å². The van der Waals surface area contributed by atoms with Crippen LogP contribution >= 0.6 is 27.3 Å². The van der Waals surface area contributed by atoms with Crippen LogP contribution in [0.5, 0.6) is 5.75 Å². The third-order valence-corrected chi connectivity index (χ3v) is 4.41. The number of hydrogen-bond acceptors (Lipinski definition) is 4. The number of rotatable bonds is 5. The van der Waals surface area contributed by atoms with Gasteiger partial charge in [0.25, 0.3) is 0 Å². The molecule has 0 aliphatic heterocycles. The van der Waals surface area contributed by atoms with Crippen LogP contribution in [0.1, 0.15) is 22.3 Å². The normalized spacial score (nSPS) is 12.4. The molecule has 19 heavy (non-hydrogen) atoms. The Kier molecular flexibility index (Phi) is 4.96. The van der Waals surface area contributed by atoms with Crippen LogP contribution in [0.15, 0.2) is 28.1 Å². The molecule has 0 spiro atoms. The number of ether oxygens (including phenoxy) is 1. The summed E-state index contributed by atoms with van der Waals surface area (Å²) in [6, 6.07) is 6.42. The monoisotopic (exact) mass is 340 g/mol. The average molecular weight is 341 g/mol. The number of methoxy groups -OCH3 is 1. The lowest BCUT2D eigenvalue weighted by molar-refractivity contribution is 0.412. The number of likely N-dealkylation sites (N-methyl/N-ethyl adjacent to an activating group) is 1. The van der Waals surface area contributed by atoms with Crippen molar-refractivity contribution in [1.29, 1.82) is 0 Å². The lowest BCUT2D eigenvalue weighted by atomic mass is 10.0. The van der Waals surface area contributed by atoms with Crippen molar-refractivity contribution in [3.8, 4) is 5.75 Å². The molecule has 1 N–H and O–H groups in total. The van der Waals surface area contributed by atoms with E-state index in [2.05, 4.69) is 43.7 Å². The van der Waals surface area contributed by atoms with Crippen LogP contribution in [0.3, 0.4) is 0 Å². The second-order valence-corrected chi connectivity index (χ2v) is 6.22. The predicted molar refractivity (Wildman–Crippen MR) is 83.0 cm³/mol. The van der Waals surface area contributed by atoms with Crippen LogP contribution in [0.4, 0.5) is 0 Å². The lowest BCUT2D eigenvalue weighted by Crippen LogP contribution is -2.19. The van der Waals surface area contributed by atoms with Gasteiger partial charge in [0.05, 0.1) is 28.3 Å². The zero-order valence-electron chi connectivity index (χ0n) is 11.2. The van der Waals surface area contributed by atoms with E-state index in [4.69, 9.17) is 4.74 Å². The number of aryl methyl sites for hydroxylation is 1. The number of nitrogens with one attached hydrogen (secondary N) is 1. The summed E-state index contributed by atoms with van der Waals surface area (Å²) in [7, 11) is 3.64. The number of hydrogen-bond donors (Lipinski definition) is 1. The maximum Gasteiger partial charge on any atom is 0.133 e. The van der Waals surface area contributed by atoms with Gasteiger partial charge in [-0.3, -0.25) is 0 Å². The molecule has 0 radical (unpaired) electrons. The zero-order chi connectivity index (χ0) is 13.8. The molecule has 0 saturated heterocycles. The van der Waals surface area contributed by atoms with Crippen molar-refractivity contribution in [2.24, 2.45) is 0 Å². The summed E-state index contributed by atoms with van der Waals surface area (Å²) in [6.07, 6.45) is 0.905. The average Bonchev–Trinajstić information content (AvgIpc) is 2.82. The van der Waals surface area contributed by atoms with E-state index < -0.39 is 0 Å². The molecule has 0 saturated carbocycles. The summed E-state index contributed by atoms with van der Waals surface area (Å²) in [4.78, 5) is 4.55. The van der Waals surface area contributed by atoms with Crippen molar-refractivity contribution in [1.82, 2.24) is 10.3 Å². The summed E-state index contributed by atoms with van der Waals surface area (Å²) in [5.74, 6) is 0.856. The zero-order valence-corrected chi connectivity index (χ0v) is 13.6. The molecule has 2 aromatic rings. The first kappa shape index (κ1) is 14.5. The molecule has 1 heterocycles. The van der Waals surface area contributed by atoms with Gasteiger partial charge >= 0.3 is 0 Å². The predicted octanol–water partition coefficient (Wildman–Crippen LogP) is 3.73. The maximum absolute atomic E-state index is 5.25. The fraction of sp³-hybridized carbons (Fsp3) is 0.357. The number of aromatic nitrogens is 1. The maximum atomic E-state index is 5.25. The molecular weight excluding hydrogens is 324 g/mol. The highest BCUT2D eigenvalue weighted by molar-refractivity contribution is 9.10. The van der Waals surface area contributed by atoms with Crippen LogP contribution in [0.2, 0.25) is 0 Å². The van der Waals surface area contributed by atoms with Crippen molar-refractivity contribution in [2.45, 2.75) is 19.4 Å². The van der Waals surface area contributed by atoms with E-state index in [1.54, 1.807) is 18.4 Å². The first-order valence-electron chi connectivity index (χ1n) is 6.05. The molecule has 0 amide bonds. The van der Waals surface area contributed by atoms with Gasteiger partial charge in [-0.1, -0.05) is 6.07 Å². The first-order chi connectivity index (χ1) is 9.13. The van der Waals surface area contributed by atoms with Gasteiger partial charge in [0.2, 0.25) is 0 Å². The number of benzene rings is 1. The summed E-state index contributed by atoms with van der Waals surface area (Å²) in [6.45, 7) is 2.03.